The third-order valence-electron chi connectivity index (χ3n) is 2.90. The molecule has 0 spiro atoms. The van der Waals surface area contributed by atoms with Crippen molar-refractivity contribution in [1.29, 1.82) is 0 Å². The molecule has 0 saturated carbocycles. The molecule has 0 heterocycles. The van der Waals surface area contributed by atoms with Gasteiger partial charge in [-0.1, -0.05) is 30.3 Å². The average molecular weight is 278 g/mol. The fourth-order valence-electron chi connectivity index (χ4n) is 1.85. The van der Waals surface area contributed by atoms with Gasteiger partial charge >= 0.3 is 5.69 Å². The molecule has 1 atom stereocenters. The minimum Gasteiger partial charge on any atom is -0.376 e. The number of nitro benzene ring substituents is 1. The summed E-state index contributed by atoms with van der Waals surface area (Å²) in [6.45, 7) is 1.78. The van der Waals surface area contributed by atoms with Crippen LogP contribution in [0.15, 0.2) is 42.5 Å². The fourth-order valence-corrected chi connectivity index (χ4v) is 1.85. The van der Waals surface area contributed by atoms with E-state index in [1.165, 1.54) is 0 Å². The Morgan fingerprint density at radius 1 is 1.15 bits per heavy atom. The Balaban J connectivity index is 2.29. The second-order valence-corrected chi connectivity index (χ2v) is 4.32. The van der Waals surface area contributed by atoms with Crippen LogP contribution in [-0.4, -0.2) is 4.92 Å². The molecular formula is C14H12F2N2O2. The van der Waals surface area contributed by atoms with Gasteiger partial charge in [0.25, 0.3) is 0 Å². The summed E-state index contributed by atoms with van der Waals surface area (Å²) in [6.07, 6.45) is 0. The first-order valence-corrected chi connectivity index (χ1v) is 5.94. The quantitative estimate of drug-likeness (QED) is 0.678. The molecule has 2 rings (SSSR count). The Morgan fingerprint density at radius 2 is 1.80 bits per heavy atom. The maximum absolute atomic E-state index is 13.6. The van der Waals surface area contributed by atoms with E-state index in [4.69, 9.17) is 0 Å². The van der Waals surface area contributed by atoms with Crippen LogP contribution >= 0.6 is 0 Å². The van der Waals surface area contributed by atoms with Crippen molar-refractivity contribution in [3.05, 3.63) is 69.8 Å². The molecule has 1 N–H and O–H groups in total. The molecule has 0 aliphatic rings. The zero-order chi connectivity index (χ0) is 14.7. The van der Waals surface area contributed by atoms with Gasteiger partial charge in [0, 0.05) is 18.2 Å². The third kappa shape index (κ3) is 2.90. The van der Waals surface area contributed by atoms with Gasteiger partial charge in [-0.05, 0) is 12.5 Å². The number of nitrogens with zero attached hydrogens (tertiary/aromatic N) is 1. The molecule has 2 aromatic carbocycles. The van der Waals surface area contributed by atoms with Crippen LogP contribution in [0.4, 0.5) is 20.2 Å². The molecule has 0 bridgehead atoms. The SMILES string of the molecule is CC(Nc1cc([N+](=O)[O-])c(F)cc1F)c1ccccc1. The van der Waals surface area contributed by atoms with Crippen LogP contribution in [0.25, 0.3) is 0 Å². The molecule has 0 aliphatic heterocycles. The first kappa shape index (κ1) is 13.9. The van der Waals surface area contributed by atoms with Crippen molar-refractivity contribution in [2.45, 2.75) is 13.0 Å². The van der Waals surface area contributed by atoms with Gasteiger partial charge in [-0.15, -0.1) is 0 Å². The monoisotopic (exact) mass is 278 g/mol. The lowest BCUT2D eigenvalue weighted by molar-refractivity contribution is -0.387. The van der Waals surface area contributed by atoms with E-state index < -0.39 is 22.2 Å². The van der Waals surface area contributed by atoms with Gasteiger partial charge in [0.2, 0.25) is 5.82 Å². The Bertz CT molecular complexity index is 633. The summed E-state index contributed by atoms with van der Waals surface area (Å²) >= 11 is 0. The Hall–Kier alpha value is -2.50. The Morgan fingerprint density at radius 3 is 2.40 bits per heavy atom. The molecular weight excluding hydrogens is 266 g/mol. The van der Waals surface area contributed by atoms with Crippen molar-refractivity contribution >= 4 is 11.4 Å². The van der Waals surface area contributed by atoms with E-state index in [1.54, 1.807) is 6.92 Å². The fraction of sp³-hybridized carbons (Fsp3) is 0.143. The molecule has 0 aliphatic carbocycles. The predicted octanol–water partition coefficient (Wildman–Crippen LogP) is 4.05. The first-order chi connectivity index (χ1) is 9.49. The van der Waals surface area contributed by atoms with E-state index in [0.29, 0.717) is 6.07 Å². The van der Waals surface area contributed by atoms with Crippen LogP contribution in [0.5, 0.6) is 0 Å². The highest BCUT2D eigenvalue weighted by molar-refractivity contribution is 5.54. The number of nitro groups is 1. The summed E-state index contributed by atoms with van der Waals surface area (Å²) in [6, 6.07) is 10.3. The van der Waals surface area contributed by atoms with Crippen molar-refractivity contribution in [2.75, 3.05) is 5.32 Å². The van der Waals surface area contributed by atoms with Crippen molar-refractivity contribution < 1.29 is 13.7 Å². The van der Waals surface area contributed by atoms with Gasteiger partial charge in [-0.3, -0.25) is 10.1 Å². The minimum absolute atomic E-state index is 0.102. The maximum Gasteiger partial charge on any atom is 0.307 e. The maximum atomic E-state index is 13.6. The van der Waals surface area contributed by atoms with Crippen molar-refractivity contribution in [3.63, 3.8) is 0 Å². The molecule has 0 saturated heterocycles. The second-order valence-electron chi connectivity index (χ2n) is 4.32. The number of halogens is 2. The van der Waals surface area contributed by atoms with Gasteiger partial charge in [-0.2, -0.15) is 4.39 Å². The average Bonchev–Trinajstić information content (AvgIpc) is 2.42. The number of rotatable bonds is 4. The number of nitrogens with one attached hydrogen (secondary N) is 1. The van der Waals surface area contributed by atoms with E-state index in [9.17, 15) is 18.9 Å². The topological polar surface area (TPSA) is 55.2 Å². The zero-order valence-corrected chi connectivity index (χ0v) is 10.6. The highest BCUT2D eigenvalue weighted by Gasteiger charge is 2.19. The molecule has 1 unspecified atom stereocenters. The lowest BCUT2D eigenvalue weighted by atomic mass is 10.1. The molecule has 0 fully saturated rings. The smallest absolute Gasteiger partial charge is 0.307 e. The van der Waals surface area contributed by atoms with E-state index in [2.05, 4.69) is 5.32 Å². The zero-order valence-electron chi connectivity index (χ0n) is 10.6. The summed E-state index contributed by atoms with van der Waals surface area (Å²) in [4.78, 5) is 9.77. The van der Waals surface area contributed by atoms with Crippen molar-refractivity contribution in [1.82, 2.24) is 0 Å². The van der Waals surface area contributed by atoms with Crippen LogP contribution < -0.4 is 5.32 Å². The predicted molar refractivity (Wildman–Crippen MR) is 71.5 cm³/mol. The molecule has 104 valence electrons. The first-order valence-electron chi connectivity index (χ1n) is 5.94. The number of anilines is 1. The van der Waals surface area contributed by atoms with Gasteiger partial charge in [0.15, 0.2) is 0 Å². The van der Waals surface area contributed by atoms with Crippen molar-refractivity contribution in [3.8, 4) is 0 Å². The lowest BCUT2D eigenvalue weighted by Gasteiger charge is -2.16. The van der Waals surface area contributed by atoms with Crippen LogP contribution in [0.3, 0.4) is 0 Å². The molecule has 6 heteroatoms. The standard InChI is InChI=1S/C14H12F2N2O2/c1-9(10-5-3-2-4-6-10)17-13-8-14(18(19)20)12(16)7-11(13)15/h2-9,17H,1H3. The summed E-state index contributed by atoms with van der Waals surface area (Å²) in [7, 11) is 0. The normalized spacial score (nSPS) is 11.9. The van der Waals surface area contributed by atoms with Crippen LogP contribution in [0, 0.1) is 21.7 Å². The molecule has 2 aromatic rings. The van der Waals surface area contributed by atoms with Crippen LogP contribution in [0.1, 0.15) is 18.5 Å². The highest BCUT2D eigenvalue weighted by Crippen LogP contribution is 2.28. The van der Waals surface area contributed by atoms with Gasteiger partial charge in [0.1, 0.15) is 5.82 Å². The summed E-state index contributed by atoms with van der Waals surface area (Å²) in [5, 5.41) is 13.5. The summed E-state index contributed by atoms with van der Waals surface area (Å²) in [5.41, 5.74) is 0.0301. The van der Waals surface area contributed by atoms with Gasteiger partial charge in [-0.25, -0.2) is 4.39 Å². The lowest BCUT2D eigenvalue weighted by Crippen LogP contribution is -2.08. The van der Waals surface area contributed by atoms with Crippen molar-refractivity contribution in [2.24, 2.45) is 0 Å². The summed E-state index contributed by atoms with van der Waals surface area (Å²) < 4.78 is 26.9. The van der Waals surface area contributed by atoms with E-state index in [-0.39, 0.29) is 11.7 Å². The van der Waals surface area contributed by atoms with Gasteiger partial charge in [0.05, 0.1) is 10.6 Å². The second kappa shape index (κ2) is 5.64. The number of benzene rings is 2. The molecule has 0 amide bonds. The highest BCUT2D eigenvalue weighted by atomic mass is 19.1. The molecule has 4 nitrogen and oxygen atoms in total. The van der Waals surface area contributed by atoms with Gasteiger partial charge < -0.3 is 5.32 Å². The number of hydrogen-bond donors (Lipinski definition) is 1. The van der Waals surface area contributed by atoms with E-state index in [1.807, 2.05) is 30.3 Å². The number of hydrogen-bond acceptors (Lipinski definition) is 3. The minimum atomic E-state index is -1.19. The van der Waals surface area contributed by atoms with E-state index >= 15 is 0 Å². The van der Waals surface area contributed by atoms with Crippen LogP contribution in [0.2, 0.25) is 0 Å². The Kier molecular flexibility index (Phi) is 3.93. The largest absolute Gasteiger partial charge is 0.376 e. The van der Waals surface area contributed by atoms with Crippen LogP contribution in [-0.2, 0) is 0 Å². The van der Waals surface area contributed by atoms with E-state index in [0.717, 1.165) is 11.6 Å². The Labute approximate surface area is 114 Å². The summed E-state index contributed by atoms with van der Waals surface area (Å²) in [5.74, 6) is -2.05. The molecule has 20 heavy (non-hydrogen) atoms. The molecule has 0 aromatic heterocycles. The third-order valence-corrected chi connectivity index (χ3v) is 2.90. The molecule has 0 radical (unpaired) electrons.